The van der Waals surface area contributed by atoms with Gasteiger partial charge in [0.2, 0.25) is 0 Å². The molecule has 1 fully saturated rings. The fourth-order valence-electron chi connectivity index (χ4n) is 3.46. The van der Waals surface area contributed by atoms with Gasteiger partial charge in [0.05, 0.1) is 10.6 Å². The quantitative estimate of drug-likeness (QED) is 0.717. The molecule has 2 amide bonds. The summed E-state index contributed by atoms with van der Waals surface area (Å²) in [5, 5.41) is 11.0. The van der Waals surface area contributed by atoms with Crippen LogP contribution in [-0.2, 0) is 18.9 Å². The van der Waals surface area contributed by atoms with Gasteiger partial charge in [-0.15, -0.1) is 11.3 Å². The summed E-state index contributed by atoms with van der Waals surface area (Å²) in [6.07, 6.45) is -2.26. The first-order chi connectivity index (χ1) is 13.3. The van der Waals surface area contributed by atoms with Crippen LogP contribution >= 0.6 is 11.3 Å². The summed E-state index contributed by atoms with van der Waals surface area (Å²) >= 11 is 1.07. The average Bonchev–Trinajstić information content (AvgIpc) is 3.35. The number of nitrogens with zero attached hydrogens (tertiary/aromatic N) is 5. The Balaban J connectivity index is 1.53. The summed E-state index contributed by atoms with van der Waals surface area (Å²) in [5.41, 5.74) is 0.453. The van der Waals surface area contributed by atoms with Gasteiger partial charge < -0.3 is 5.32 Å². The molecule has 1 aliphatic rings. The largest absolute Gasteiger partial charge is 0.339 e. The van der Waals surface area contributed by atoms with E-state index >= 15 is 0 Å². The van der Waals surface area contributed by atoms with E-state index in [0.717, 1.165) is 17.0 Å². The van der Waals surface area contributed by atoms with Crippen LogP contribution in [0, 0.1) is 6.92 Å². The van der Waals surface area contributed by atoms with Gasteiger partial charge in [-0.25, -0.2) is 8.78 Å². The zero-order valence-corrected chi connectivity index (χ0v) is 16.3. The lowest BCUT2D eigenvalue weighted by atomic mass is 10.2. The Bertz CT molecular complexity index is 1090. The number of thiophene rings is 1. The van der Waals surface area contributed by atoms with Gasteiger partial charge in [0.1, 0.15) is 22.4 Å². The number of fused-ring (bicyclic) bond motifs is 1. The van der Waals surface area contributed by atoms with Crippen LogP contribution in [0.15, 0.2) is 12.1 Å². The zero-order chi connectivity index (χ0) is 20.2. The number of aryl methyl sites for hydroxylation is 3. The van der Waals surface area contributed by atoms with Crippen LogP contribution < -0.4 is 10.2 Å². The second-order valence-corrected chi connectivity index (χ2v) is 7.74. The number of carbonyl (C=O) groups excluding carboxylic acids is 2. The number of carbonyl (C=O) groups is 2. The van der Waals surface area contributed by atoms with E-state index < -0.39 is 18.4 Å². The molecular formula is C17H18F2N6O2S. The minimum atomic E-state index is -2.72. The van der Waals surface area contributed by atoms with E-state index in [0.29, 0.717) is 23.6 Å². The molecule has 11 heteroatoms. The average molecular weight is 408 g/mol. The predicted octanol–water partition coefficient (Wildman–Crippen LogP) is 2.15. The molecule has 4 heterocycles. The van der Waals surface area contributed by atoms with Crippen LogP contribution in [0.3, 0.4) is 0 Å². The monoisotopic (exact) mass is 408 g/mol. The van der Waals surface area contributed by atoms with Crippen LogP contribution in [0.1, 0.15) is 33.9 Å². The number of amides is 2. The highest BCUT2D eigenvalue weighted by Gasteiger charge is 2.35. The van der Waals surface area contributed by atoms with Crippen molar-refractivity contribution < 1.29 is 18.4 Å². The molecule has 148 valence electrons. The molecule has 28 heavy (non-hydrogen) atoms. The van der Waals surface area contributed by atoms with E-state index in [2.05, 4.69) is 15.5 Å². The van der Waals surface area contributed by atoms with Crippen molar-refractivity contribution in [3.8, 4) is 0 Å². The van der Waals surface area contributed by atoms with E-state index in [-0.39, 0.29) is 21.9 Å². The molecule has 0 aliphatic carbocycles. The maximum Gasteiger partial charge on any atom is 0.282 e. The molecular weight excluding hydrogens is 390 g/mol. The Morgan fingerprint density at radius 1 is 1.29 bits per heavy atom. The van der Waals surface area contributed by atoms with Crippen molar-refractivity contribution in [3.05, 3.63) is 28.4 Å². The molecule has 1 saturated heterocycles. The number of rotatable bonds is 4. The summed E-state index contributed by atoms with van der Waals surface area (Å²) in [5.74, 6) is 0.00367. The summed E-state index contributed by atoms with van der Waals surface area (Å²) < 4.78 is 29.2. The van der Waals surface area contributed by atoms with Gasteiger partial charge in [-0.05, 0) is 19.4 Å². The molecule has 0 radical (unpaired) electrons. The maximum absolute atomic E-state index is 13.1. The Labute approximate surface area is 162 Å². The van der Waals surface area contributed by atoms with Crippen LogP contribution in [0.4, 0.5) is 14.6 Å². The van der Waals surface area contributed by atoms with E-state index in [1.165, 1.54) is 10.7 Å². The topological polar surface area (TPSA) is 85.0 Å². The first-order valence-corrected chi connectivity index (χ1v) is 9.45. The highest BCUT2D eigenvalue weighted by molar-refractivity contribution is 7.20. The normalized spacial score (nSPS) is 17.3. The van der Waals surface area contributed by atoms with E-state index in [4.69, 9.17) is 0 Å². The van der Waals surface area contributed by atoms with Crippen molar-refractivity contribution in [2.45, 2.75) is 25.8 Å². The second kappa shape index (κ2) is 6.66. The molecule has 4 rings (SSSR count). The predicted molar refractivity (Wildman–Crippen MR) is 99.7 cm³/mol. The van der Waals surface area contributed by atoms with Crippen LogP contribution in [-0.4, -0.2) is 44.0 Å². The van der Waals surface area contributed by atoms with Crippen molar-refractivity contribution in [2.75, 3.05) is 11.4 Å². The lowest BCUT2D eigenvalue weighted by Gasteiger charge is -2.16. The molecule has 3 aromatic heterocycles. The first-order valence-electron chi connectivity index (χ1n) is 8.63. The highest BCUT2D eigenvalue weighted by Crippen LogP contribution is 2.33. The lowest BCUT2D eigenvalue weighted by molar-refractivity contribution is -0.118. The fourth-order valence-corrected chi connectivity index (χ4v) is 4.44. The Morgan fingerprint density at radius 2 is 2.04 bits per heavy atom. The Morgan fingerprint density at radius 3 is 2.68 bits per heavy atom. The highest BCUT2D eigenvalue weighted by atomic mass is 32.1. The number of halogens is 2. The molecule has 3 aromatic rings. The Kier molecular flexibility index (Phi) is 4.41. The minimum absolute atomic E-state index is 0.215. The molecule has 0 spiro atoms. The molecule has 1 N–H and O–H groups in total. The molecule has 1 aliphatic heterocycles. The number of hydrogen-bond donors (Lipinski definition) is 1. The van der Waals surface area contributed by atoms with Gasteiger partial charge in [0.15, 0.2) is 0 Å². The van der Waals surface area contributed by atoms with Gasteiger partial charge in [-0.2, -0.15) is 10.2 Å². The van der Waals surface area contributed by atoms with Gasteiger partial charge in [0.25, 0.3) is 18.2 Å². The number of aromatic nitrogens is 4. The molecule has 8 nitrogen and oxygen atoms in total. The number of anilines is 1. The van der Waals surface area contributed by atoms with Gasteiger partial charge in [-0.1, -0.05) is 0 Å². The van der Waals surface area contributed by atoms with E-state index in [1.54, 1.807) is 23.7 Å². The van der Waals surface area contributed by atoms with Crippen molar-refractivity contribution in [2.24, 2.45) is 14.1 Å². The minimum Gasteiger partial charge on any atom is -0.339 e. The first kappa shape index (κ1) is 18.5. The summed E-state index contributed by atoms with van der Waals surface area (Å²) in [4.78, 5) is 27.7. The van der Waals surface area contributed by atoms with Crippen LogP contribution in [0.5, 0.6) is 0 Å². The third-order valence-corrected chi connectivity index (χ3v) is 5.94. The van der Waals surface area contributed by atoms with E-state index in [9.17, 15) is 18.4 Å². The molecule has 1 atom stereocenters. The summed E-state index contributed by atoms with van der Waals surface area (Å²) in [6, 6.07) is 2.55. The van der Waals surface area contributed by atoms with Gasteiger partial charge in [-0.3, -0.25) is 23.9 Å². The van der Waals surface area contributed by atoms with Crippen molar-refractivity contribution in [3.63, 3.8) is 0 Å². The molecule has 0 bridgehead atoms. The summed E-state index contributed by atoms with van der Waals surface area (Å²) in [7, 11) is 3.31. The standard InChI is InChI=1S/C17H18F2N6O2S/c1-8-6-12(23(2)21-8)25-5-4-10(16(25)27)20-15(26)11-7-9-13(14(18)19)22-24(3)17(9)28-11/h6-7,10,14H,4-5H2,1-3H3,(H,20,26). The van der Waals surface area contributed by atoms with Crippen molar-refractivity contribution >= 4 is 39.2 Å². The van der Waals surface area contributed by atoms with Gasteiger partial charge >= 0.3 is 0 Å². The smallest absolute Gasteiger partial charge is 0.282 e. The fraction of sp³-hybridized carbons (Fsp3) is 0.412. The molecule has 1 unspecified atom stereocenters. The molecule has 0 saturated carbocycles. The maximum atomic E-state index is 13.1. The van der Waals surface area contributed by atoms with Crippen molar-refractivity contribution in [1.29, 1.82) is 0 Å². The number of hydrogen-bond acceptors (Lipinski definition) is 5. The Hall–Kier alpha value is -2.82. The van der Waals surface area contributed by atoms with Crippen LogP contribution in [0.25, 0.3) is 10.2 Å². The third kappa shape index (κ3) is 2.95. The second-order valence-electron chi connectivity index (χ2n) is 6.71. The molecule has 0 aromatic carbocycles. The number of nitrogens with one attached hydrogen (secondary N) is 1. The third-order valence-electron chi connectivity index (χ3n) is 4.74. The van der Waals surface area contributed by atoms with Crippen LogP contribution in [0.2, 0.25) is 0 Å². The summed E-state index contributed by atoms with van der Waals surface area (Å²) in [6.45, 7) is 2.31. The van der Waals surface area contributed by atoms with Gasteiger partial charge in [0, 0.05) is 32.1 Å². The number of alkyl halides is 2. The SMILES string of the molecule is Cc1cc(N2CCC(NC(=O)c3cc4c(C(F)F)nn(C)c4s3)C2=O)n(C)n1. The zero-order valence-electron chi connectivity index (χ0n) is 15.4. The van der Waals surface area contributed by atoms with Crippen molar-refractivity contribution in [1.82, 2.24) is 24.9 Å². The van der Waals surface area contributed by atoms with E-state index in [1.807, 2.05) is 13.0 Å². The lowest BCUT2D eigenvalue weighted by Crippen LogP contribution is -2.41.